The Kier molecular flexibility index (Phi) is 3.35. The van der Waals surface area contributed by atoms with E-state index in [4.69, 9.17) is 10.2 Å². The van der Waals surface area contributed by atoms with Gasteiger partial charge in [0.2, 0.25) is 5.91 Å². The molecule has 0 spiro atoms. The van der Waals surface area contributed by atoms with Gasteiger partial charge >= 0.3 is 5.97 Å². The number of aliphatic hydroxyl groups is 1. The minimum atomic E-state index is -1.11. The maximum atomic E-state index is 12.1. The van der Waals surface area contributed by atoms with E-state index in [1.807, 2.05) is 0 Å². The monoisotopic (exact) mass is 242 g/mol. The molecule has 2 rings (SSSR count). The van der Waals surface area contributed by atoms with Crippen LogP contribution in [0.3, 0.4) is 0 Å². The van der Waals surface area contributed by atoms with Gasteiger partial charge in [-0.25, -0.2) is 0 Å². The fourth-order valence-electron chi connectivity index (χ4n) is 2.26. The van der Waals surface area contributed by atoms with Gasteiger partial charge in [-0.2, -0.15) is 0 Å². The fourth-order valence-corrected chi connectivity index (χ4v) is 2.26. The van der Waals surface area contributed by atoms with Crippen molar-refractivity contribution in [2.24, 2.45) is 5.41 Å². The van der Waals surface area contributed by atoms with E-state index in [9.17, 15) is 9.59 Å². The molecule has 0 aromatic rings. The first-order valence-electron chi connectivity index (χ1n) is 5.96. The smallest absolute Gasteiger partial charge is 0.319 e. The minimum Gasteiger partial charge on any atom is -0.480 e. The molecule has 1 aliphatic carbocycles. The third kappa shape index (κ3) is 2.28. The Morgan fingerprint density at radius 1 is 1.12 bits per heavy atom. The molecule has 1 saturated heterocycles. The molecule has 1 aliphatic heterocycles. The van der Waals surface area contributed by atoms with Gasteiger partial charge in [-0.3, -0.25) is 14.5 Å². The Morgan fingerprint density at radius 2 is 1.71 bits per heavy atom. The zero-order chi connectivity index (χ0) is 12.5. The quantitative estimate of drug-likeness (QED) is 0.617. The van der Waals surface area contributed by atoms with E-state index in [1.54, 1.807) is 4.90 Å². The van der Waals surface area contributed by atoms with E-state index in [2.05, 4.69) is 4.90 Å². The van der Waals surface area contributed by atoms with E-state index in [1.165, 1.54) is 0 Å². The number of carbonyl (C=O) groups excluding carboxylic acids is 1. The lowest BCUT2D eigenvalue weighted by Crippen LogP contribution is -2.52. The number of rotatable bonds is 4. The van der Waals surface area contributed by atoms with E-state index in [-0.39, 0.29) is 12.5 Å². The maximum Gasteiger partial charge on any atom is 0.319 e. The van der Waals surface area contributed by atoms with E-state index in [0.29, 0.717) is 45.6 Å². The van der Waals surface area contributed by atoms with Gasteiger partial charge in [-0.05, 0) is 12.8 Å². The molecule has 1 saturated carbocycles. The second-order valence-electron chi connectivity index (χ2n) is 4.74. The summed E-state index contributed by atoms with van der Waals surface area (Å²) >= 11 is 0. The number of hydrogen-bond acceptors (Lipinski definition) is 4. The van der Waals surface area contributed by atoms with Crippen LogP contribution < -0.4 is 0 Å². The molecule has 1 amide bonds. The van der Waals surface area contributed by atoms with Gasteiger partial charge in [-0.1, -0.05) is 0 Å². The Morgan fingerprint density at radius 3 is 2.12 bits per heavy atom. The fraction of sp³-hybridized carbons (Fsp3) is 0.818. The minimum absolute atomic E-state index is 0.118. The van der Waals surface area contributed by atoms with Gasteiger partial charge in [0.15, 0.2) is 0 Å². The number of hydrogen-bond donors (Lipinski definition) is 2. The summed E-state index contributed by atoms with van der Waals surface area (Å²) < 4.78 is 0. The summed E-state index contributed by atoms with van der Waals surface area (Å²) in [5.41, 5.74) is -1.11. The number of nitrogens with zero attached hydrogens (tertiary/aromatic N) is 2. The number of amides is 1. The second kappa shape index (κ2) is 4.62. The van der Waals surface area contributed by atoms with Crippen LogP contribution in [-0.4, -0.2) is 71.2 Å². The molecule has 0 aromatic carbocycles. The van der Waals surface area contributed by atoms with Crippen molar-refractivity contribution in [1.29, 1.82) is 0 Å². The predicted molar refractivity (Wildman–Crippen MR) is 59.4 cm³/mol. The highest BCUT2D eigenvalue weighted by molar-refractivity contribution is 6.04. The summed E-state index contributed by atoms with van der Waals surface area (Å²) in [7, 11) is 0. The SMILES string of the molecule is O=C(O)C1(C(=O)N2CCN(CCO)CC2)CC1. The van der Waals surface area contributed by atoms with Crippen molar-refractivity contribution < 1.29 is 19.8 Å². The second-order valence-corrected chi connectivity index (χ2v) is 4.74. The first kappa shape index (κ1) is 12.3. The number of carboxylic acids is 1. The van der Waals surface area contributed by atoms with Crippen LogP contribution in [0.15, 0.2) is 0 Å². The molecule has 2 N–H and O–H groups in total. The van der Waals surface area contributed by atoms with Crippen LogP contribution >= 0.6 is 0 Å². The molecular formula is C11H18N2O4. The molecule has 96 valence electrons. The van der Waals surface area contributed by atoms with Crippen LogP contribution in [0, 0.1) is 5.41 Å². The van der Waals surface area contributed by atoms with Gasteiger partial charge in [0, 0.05) is 32.7 Å². The number of β-amino-alcohol motifs (C(OH)–C–C–N with tert-alkyl or cyclic N) is 1. The zero-order valence-electron chi connectivity index (χ0n) is 9.76. The molecule has 0 bridgehead atoms. The highest BCUT2D eigenvalue weighted by Gasteiger charge is 2.58. The number of carbonyl (C=O) groups is 2. The highest BCUT2D eigenvalue weighted by atomic mass is 16.4. The van der Waals surface area contributed by atoms with Crippen LogP contribution in [-0.2, 0) is 9.59 Å². The van der Waals surface area contributed by atoms with Crippen LogP contribution in [0.25, 0.3) is 0 Å². The molecule has 0 atom stereocenters. The summed E-state index contributed by atoms with van der Waals surface area (Å²) in [4.78, 5) is 26.8. The molecule has 0 radical (unpaired) electrons. The highest BCUT2D eigenvalue weighted by Crippen LogP contribution is 2.47. The number of aliphatic hydroxyl groups excluding tert-OH is 1. The van der Waals surface area contributed by atoms with Gasteiger partial charge in [0.05, 0.1) is 6.61 Å². The van der Waals surface area contributed by atoms with Gasteiger partial charge in [0.25, 0.3) is 0 Å². The number of piperazine rings is 1. The average molecular weight is 242 g/mol. The van der Waals surface area contributed by atoms with Crippen LogP contribution in [0.5, 0.6) is 0 Å². The van der Waals surface area contributed by atoms with Crippen molar-refractivity contribution >= 4 is 11.9 Å². The van der Waals surface area contributed by atoms with Gasteiger partial charge in [0.1, 0.15) is 5.41 Å². The first-order valence-corrected chi connectivity index (χ1v) is 5.96. The number of aliphatic carboxylic acids is 1. The van der Waals surface area contributed by atoms with Crippen LogP contribution in [0.2, 0.25) is 0 Å². The molecule has 0 unspecified atom stereocenters. The van der Waals surface area contributed by atoms with Crippen molar-refractivity contribution in [2.45, 2.75) is 12.8 Å². The van der Waals surface area contributed by atoms with Crippen LogP contribution in [0.4, 0.5) is 0 Å². The molecular weight excluding hydrogens is 224 g/mol. The lowest BCUT2D eigenvalue weighted by Gasteiger charge is -2.35. The zero-order valence-corrected chi connectivity index (χ0v) is 9.76. The predicted octanol–water partition coefficient (Wildman–Crippen LogP) is -1.01. The normalized spacial score (nSPS) is 23.5. The lowest BCUT2D eigenvalue weighted by molar-refractivity contribution is -0.154. The summed E-state index contributed by atoms with van der Waals surface area (Å²) in [5.74, 6) is -1.21. The van der Waals surface area contributed by atoms with E-state index in [0.717, 1.165) is 0 Å². The summed E-state index contributed by atoms with van der Waals surface area (Å²) in [6.45, 7) is 3.28. The average Bonchev–Trinajstić information content (AvgIpc) is 3.11. The van der Waals surface area contributed by atoms with Gasteiger partial charge in [-0.15, -0.1) is 0 Å². The van der Waals surface area contributed by atoms with Crippen molar-refractivity contribution in [3.63, 3.8) is 0 Å². The lowest BCUT2D eigenvalue weighted by atomic mass is 10.1. The largest absolute Gasteiger partial charge is 0.480 e. The first-order chi connectivity index (χ1) is 8.10. The van der Waals surface area contributed by atoms with Crippen molar-refractivity contribution in [3.8, 4) is 0 Å². The molecule has 6 nitrogen and oxygen atoms in total. The van der Waals surface area contributed by atoms with Crippen molar-refractivity contribution in [3.05, 3.63) is 0 Å². The molecule has 2 aliphatic rings. The Balaban J connectivity index is 1.89. The third-order valence-corrected chi connectivity index (χ3v) is 3.64. The molecule has 1 heterocycles. The van der Waals surface area contributed by atoms with Crippen molar-refractivity contribution in [2.75, 3.05) is 39.3 Å². The topological polar surface area (TPSA) is 81.1 Å². The summed E-state index contributed by atoms with van der Waals surface area (Å²) in [6.07, 6.45) is 0.941. The molecule has 6 heteroatoms. The maximum absolute atomic E-state index is 12.1. The third-order valence-electron chi connectivity index (χ3n) is 3.64. The molecule has 2 fully saturated rings. The van der Waals surface area contributed by atoms with Crippen molar-refractivity contribution in [1.82, 2.24) is 9.80 Å². The Labute approximate surface area is 99.8 Å². The van der Waals surface area contributed by atoms with E-state index >= 15 is 0 Å². The van der Waals surface area contributed by atoms with Gasteiger partial charge < -0.3 is 15.1 Å². The number of carboxylic acid groups (broad SMARTS) is 1. The van der Waals surface area contributed by atoms with E-state index < -0.39 is 11.4 Å². The summed E-state index contributed by atoms with van der Waals surface area (Å²) in [6, 6.07) is 0. The van der Waals surface area contributed by atoms with Crippen LogP contribution in [0.1, 0.15) is 12.8 Å². The summed E-state index contributed by atoms with van der Waals surface area (Å²) in [5, 5.41) is 17.9. The standard InChI is InChI=1S/C11H18N2O4/c14-8-7-12-3-5-13(6-4-12)9(15)11(1-2-11)10(16)17/h14H,1-8H2,(H,16,17). The Hall–Kier alpha value is -1.14. The molecule has 0 aromatic heterocycles. The Bertz CT molecular complexity index is 319. The molecule has 17 heavy (non-hydrogen) atoms.